The summed E-state index contributed by atoms with van der Waals surface area (Å²) in [4.78, 5) is 2.39. The average molecular weight is 355 g/mol. The van der Waals surface area contributed by atoms with E-state index in [2.05, 4.69) is 18.7 Å². The number of nitrogens with zero attached hydrogens (tertiary/aromatic N) is 2. The molecule has 0 amide bonds. The van der Waals surface area contributed by atoms with Crippen molar-refractivity contribution in [2.75, 3.05) is 39.1 Å². The van der Waals surface area contributed by atoms with E-state index in [1.807, 2.05) is 30.3 Å². The molecule has 0 saturated carbocycles. The van der Waals surface area contributed by atoms with Gasteiger partial charge in [0.15, 0.2) is 0 Å². The monoisotopic (exact) mass is 354 g/mol. The molecule has 2 rings (SSSR count). The van der Waals surface area contributed by atoms with Crippen molar-refractivity contribution < 1.29 is 13.2 Å². The van der Waals surface area contributed by atoms with Crippen molar-refractivity contribution in [2.24, 2.45) is 0 Å². The summed E-state index contributed by atoms with van der Waals surface area (Å²) in [6.07, 6.45) is 1.55. The van der Waals surface area contributed by atoms with Gasteiger partial charge >= 0.3 is 0 Å². The summed E-state index contributed by atoms with van der Waals surface area (Å²) in [5, 5.41) is 0. The molecule has 1 aliphatic heterocycles. The van der Waals surface area contributed by atoms with Gasteiger partial charge in [-0.2, -0.15) is 4.31 Å². The zero-order chi connectivity index (χ0) is 17.6. The third kappa shape index (κ3) is 5.28. The maximum atomic E-state index is 12.7. The van der Waals surface area contributed by atoms with E-state index >= 15 is 0 Å². The summed E-state index contributed by atoms with van der Waals surface area (Å²) in [6.45, 7) is 7.08. The minimum atomic E-state index is -3.21. The highest BCUT2D eigenvalue weighted by atomic mass is 32.2. The number of sulfonamides is 1. The van der Waals surface area contributed by atoms with E-state index in [-0.39, 0.29) is 17.8 Å². The van der Waals surface area contributed by atoms with E-state index in [1.54, 1.807) is 11.4 Å². The summed E-state index contributed by atoms with van der Waals surface area (Å²) < 4.78 is 32.2. The van der Waals surface area contributed by atoms with Crippen LogP contribution in [0, 0.1) is 0 Å². The van der Waals surface area contributed by atoms with Crippen molar-refractivity contribution in [2.45, 2.75) is 38.8 Å². The fourth-order valence-electron chi connectivity index (χ4n) is 3.39. The zero-order valence-electron chi connectivity index (χ0n) is 15.0. The number of benzene rings is 1. The predicted molar refractivity (Wildman–Crippen MR) is 97.6 cm³/mol. The molecular weight excluding hydrogens is 324 g/mol. The third-order valence-electron chi connectivity index (χ3n) is 4.72. The maximum absolute atomic E-state index is 12.7. The SMILES string of the molecule is COCCCN1C(C)CN(S(=O)(=O)CCc2ccccc2)CC1C. The smallest absolute Gasteiger partial charge is 0.214 e. The van der Waals surface area contributed by atoms with Crippen molar-refractivity contribution in [3.63, 3.8) is 0 Å². The molecule has 1 saturated heterocycles. The lowest BCUT2D eigenvalue weighted by atomic mass is 10.1. The maximum Gasteiger partial charge on any atom is 0.214 e. The molecule has 1 fully saturated rings. The van der Waals surface area contributed by atoms with Gasteiger partial charge < -0.3 is 4.74 Å². The molecule has 1 heterocycles. The summed E-state index contributed by atoms with van der Waals surface area (Å²) in [5.41, 5.74) is 1.07. The molecule has 2 unspecified atom stereocenters. The highest BCUT2D eigenvalue weighted by Crippen LogP contribution is 2.19. The Kier molecular flexibility index (Phi) is 7.22. The van der Waals surface area contributed by atoms with Crippen LogP contribution in [0.15, 0.2) is 30.3 Å². The second-order valence-electron chi connectivity index (χ2n) is 6.65. The topological polar surface area (TPSA) is 49.9 Å². The van der Waals surface area contributed by atoms with Crippen LogP contribution in [0.3, 0.4) is 0 Å². The van der Waals surface area contributed by atoms with Gasteiger partial charge in [-0.05, 0) is 32.3 Å². The average Bonchev–Trinajstić information content (AvgIpc) is 2.56. The molecule has 1 aliphatic rings. The number of hydrogen-bond acceptors (Lipinski definition) is 4. The van der Waals surface area contributed by atoms with Gasteiger partial charge in [0, 0.05) is 45.4 Å². The van der Waals surface area contributed by atoms with Gasteiger partial charge in [-0.15, -0.1) is 0 Å². The van der Waals surface area contributed by atoms with E-state index < -0.39 is 10.0 Å². The number of rotatable bonds is 8. The Morgan fingerprint density at radius 1 is 1.12 bits per heavy atom. The molecule has 0 N–H and O–H groups in total. The van der Waals surface area contributed by atoms with Gasteiger partial charge in [-0.1, -0.05) is 30.3 Å². The fraction of sp³-hybridized carbons (Fsp3) is 0.667. The number of aryl methyl sites for hydroxylation is 1. The molecule has 0 aromatic heterocycles. The number of piperazine rings is 1. The van der Waals surface area contributed by atoms with Gasteiger partial charge in [0.05, 0.1) is 5.75 Å². The van der Waals surface area contributed by atoms with Gasteiger partial charge in [-0.3, -0.25) is 4.90 Å². The first-order valence-corrected chi connectivity index (χ1v) is 10.3. The molecule has 0 aliphatic carbocycles. The van der Waals surface area contributed by atoms with Crippen LogP contribution in [0.5, 0.6) is 0 Å². The van der Waals surface area contributed by atoms with E-state index in [9.17, 15) is 8.42 Å². The molecule has 6 heteroatoms. The Bertz CT molecular complexity index is 580. The van der Waals surface area contributed by atoms with Gasteiger partial charge in [0.2, 0.25) is 10.0 Å². The molecular formula is C18H30N2O3S. The van der Waals surface area contributed by atoms with Gasteiger partial charge in [0.1, 0.15) is 0 Å². The van der Waals surface area contributed by atoms with E-state index in [1.165, 1.54) is 0 Å². The summed E-state index contributed by atoms with van der Waals surface area (Å²) >= 11 is 0. The Labute approximate surface area is 146 Å². The lowest BCUT2D eigenvalue weighted by Gasteiger charge is -2.43. The standard InChI is InChI=1S/C18H30N2O3S/c1-16-14-19(15-17(2)20(16)11-7-12-23-3)24(21,22)13-10-18-8-5-4-6-9-18/h4-6,8-9,16-17H,7,10-15H2,1-3H3. The molecule has 1 aromatic rings. The van der Waals surface area contributed by atoms with Crippen molar-refractivity contribution >= 4 is 10.0 Å². The summed E-state index contributed by atoms with van der Waals surface area (Å²) in [7, 11) is -1.50. The van der Waals surface area contributed by atoms with Crippen LogP contribution >= 0.6 is 0 Å². The molecule has 24 heavy (non-hydrogen) atoms. The second kappa shape index (κ2) is 8.94. The first-order chi connectivity index (χ1) is 11.4. The van der Waals surface area contributed by atoms with Crippen molar-refractivity contribution in [3.05, 3.63) is 35.9 Å². The first-order valence-electron chi connectivity index (χ1n) is 8.70. The van der Waals surface area contributed by atoms with E-state index in [4.69, 9.17) is 4.74 Å². The van der Waals surface area contributed by atoms with Gasteiger partial charge in [-0.25, -0.2) is 8.42 Å². The quantitative estimate of drug-likeness (QED) is 0.670. The first kappa shape index (κ1) is 19.4. The Morgan fingerprint density at radius 3 is 2.33 bits per heavy atom. The lowest BCUT2D eigenvalue weighted by molar-refractivity contribution is 0.0666. The van der Waals surface area contributed by atoms with Crippen LogP contribution in [0.4, 0.5) is 0 Å². The lowest BCUT2D eigenvalue weighted by Crippen LogP contribution is -2.58. The predicted octanol–water partition coefficient (Wildman–Crippen LogP) is 1.99. The van der Waals surface area contributed by atoms with E-state index in [0.717, 1.165) is 25.1 Å². The van der Waals surface area contributed by atoms with Crippen molar-refractivity contribution in [1.82, 2.24) is 9.21 Å². The Morgan fingerprint density at radius 2 is 1.75 bits per heavy atom. The molecule has 0 radical (unpaired) electrons. The van der Waals surface area contributed by atoms with Crippen molar-refractivity contribution in [3.8, 4) is 0 Å². The number of hydrogen-bond donors (Lipinski definition) is 0. The van der Waals surface area contributed by atoms with Crippen LogP contribution in [-0.4, -0.2) is 68.8 Å². The van der Waals surface area contributed by atoms with Crippen LogP contribution in [-0.2, 0) is 21.2 Å². The summed E-state index contributed by atoms with van der Waals surface area (Å²) in [5.74, 6) is 0.181. The van der Waals surface area contributed by atoms with Crippen molar-refractivity contribution in [1.29, 1.82) is 0 Å². The highest BCUT2D eigenvalue weighted by molar-refractivity contribution is 7.89. The molecule has 0 spiro atoms. The zero-order valence-corrected chi connectivity index (χ0v) is 15.8. The Hall–Kier alpha value is -0.950. The minimum absolute atomic E-state index is 0.181. The normalized spacial score (nSPS) is 23.5. The highest BCUT2D eigenvalue weighted by Gasteiger charge is 2.34. The number of methoxy groups -OCH3 is 1. The third-order valence-corrected chi connectivity index (χ3v) is 6.52. The molecule has 5 nitrogen and oxygen atoms in total. The molecule has 2 atom stereocenters. The second-order valence-corrected chi connectivity index (χ2v) is 8.74. The van der Waals surface area contributed by atoms with Crippen LogP contribution in [0.2, 0.25) is 0 Å². The van der Waals surface area contributed by atoms with E-state index in [0.29, 0.717) is 19.5 Å². The molecule has 1 aromatic carbocycles. The van der Waals surface area contributed by atoms with Crippen LogP contribution in [0.1, 0.15) is 25.8 Å². The minimum Gasteiger partial charge on any atom is -0.385 e. The number of ether oxygens (including phenoxy) is 1. The molecule has 0 bridgehead atoms. The molecule has 136 valence electrons. The Balaban J connectivity index is 1.92. The fourth-order valence-corrected chi connectivity index (χ4v) is 5.03. The van der Waals surface area contributed by atoms with Crippen LogP contribution in [0.25, 0.3) is 0 Å². The van der Waals surface area contributed by atoms with Crippen LogP contribution < -0.4 is 0 Å². The summed E-state index contributed by atoms with van der Waals surface area (Å²) in [6, 6.07) is 10.3. The largest absolute Gasteiger partial charge is 0.385 e. The van der Waals surface area contributed by atoms with Gasteiger partial charge in [0.25, 0.3) is 0 Å².